The van der Waals surface area contributed by atoms with E-state index in [9.17, 15) is 9.59 Å². The predicted octanol–water partition coefficient (Wildman–Crippen LogP) is 2.89. The first-order valence-corrected chi connectivity index (χ1v) is 5.97. The summed E-state index contributed by atoms with van der Waals surface area (Å²) in [5.74, 6) is -0.831. The number of ether oxygens (including phenoxy) is 2. The molecule has 0 N–H and O–H groups in total. The molecule has 4 nitrogen and oxygen atoms in total. The highest BCUT2D eigenvalue weighted by atomic mass is 35.5. The second-order valence-corrected chi connectivity index (χ2v) is 4.23. The van der Waals surface area contributed by atoms with Crippen molar-refractivity contribution in [3.05, 3.63) is 28.2 Å². The standard InChI is InChI=1S/C12H12Cl2O4/c1-3-10(15)11(12(16)17-2)18-7-4-5-8(13)9(14)6-7/h4-6,11H,3H2,1-2H3/t11-/m1/s1. The molecule has 0 radical (unpaired) electrons. The fourth-order valence-electron chi connectivity index (χ4n) is 1.22. The van der Waals surface area contributed by atoms with Crippen molar-refractivity contribution in [2.45, 2.75) is 19.4 Å². The first-order valence-electron chi connectivity index (χ1n) is 5.21. The Bertz CT molecular complexity index is 443. The average Bonchev–Trinajstić information content (AvgIpc) is 2.38. The van der Waals surface area contributed by atoms with Crippen molar-refractivity contribution >= 4 is 35.0 Å². The Labute approximate surface area is 115 Å². The number of rotatable bonds is 5. The summed E-state index contributed by atoms with van der Waals surface area (Å²) in [5, 5.41) is 0.641. The number of esters is 1. The van der Waals surface area contributed by atoms with Gasteiger partial charge in [-0.15, -0.1) is 0 Å². The molecule has 0 unspecified atom stereocenters. The molecule has 1 aromatic rings. The summed E-state index contributed by atoms with van der Waals surface area (Å²) in [7, 11) is 1.19. The Balaban J connectivity index is 2.92. The number of methoxy groups -OCH3 is 1. The van der Waals surface area contributed by atoms with Gasteiger partial charge >= 0.3 is 5.97 Å². The van der Waals surface area contributed by atoms with E-state index in [4.69, 9.17) is 27.9 Å². The third kappa shape index (κ3) is 3.62. The van der Waals surface area contributed by atoms with Crippen LogP contribution in [0, 0.1) is 0 Å². The lowest BCUT2D eigenvalue weighted by atomic mass is 10.2. The third-order valence-corrected chi connectivity index (χ3v) is 2.94. The van der Waals surface area contributed by atoms with Gasteiger partial charge in [0.25, 0.3) is 6.10 Å². The van der Waals surface area contributed by atoms with Gasteiger partial charge in [-0.2, -0.15) is 0 Å². The summed E-state index contributed by atoms with van der Waals surface area (Å²) < 4.78 is 9.81. The molecule has 0 aliphatic rings. The van der Waals surface area contributed by atoms with E-state index in [2.05, 4.69) is 4.74 Å². The van der Waals surface area contributed by atoms with Crippen LogP contribution in [0.3, 0.4) is 0 Å². The van der Waals surface area contributed by atoms with E-state index < -0.39 is 12.1 Å². The van der Waals surface area contributed by atoms with Gasteiger partial charge in [0.1, 0.15) is 5.75 Å². The number of hydrogen-bond acceptors (Lipinski definition) is 4. The zero-order valence-corrected chi connectivity index (χ0v) is 11.4. The van der Waals surface area contributed by atoms with E-state index in [1.54, 1.807) is 6.92 Å². The third-order valence-electron chi connectivity index (χ3n) is 2.20. The molecule has 1 rings (SSSR count). The molecular weight excluding hydrogens is 279 g/mol. The van der Waals surface area contributed by atoms with E-state index in [1.165, 1.54) is 25.3 Å². The number of halogens is 2. The van der Waals surface area contributed by atoms with Crippen LogP contribution in [0.2, 0.25) is 10.0 Å². The lowest BCUT2D eigenvalue weighted by molar-refractivity contribution is -0.153. The van der Waals surface area contributed by atoms with E-state index in [1.807, 2.05) is 0 Å². The summed E-state index contributed by atoms with van der Waals surface area (Å²) in [6.45, 7) is 1.64. The molecule has 0 saturated heterocycles. The minimum Gasteiger partial charge on any atom is -0.471 e. The minimum absolute atomic E-state index is 0.168. The van der Waals surface area contributed by atoms with Crippen molar-refractivity contribution in [1.29, 1.82) is 0 Å². The molecule has 0 heterocycles. The van der Waals surface area contributed by atoms with Crippen LogP contribution >= 0.6 is 23.2 Å². The van der Waals surface area contributed by atoms with Crippen LogP contribution in [0.5, 0.6) is 5.75 Å². The maximum Gasteiger partial charge on any atom is 0.354 e. The molecule has 18 heavy (non-hydrogen) atoms. The van der Waals surface area contributed by atoms with Crippen LogP contribution in [0.1, 0.15) is 13.3 Å². The Kier molecular flexibility index (Phi) is 5.44. The van der Waals surface area contributed by atoms with Crippen LogP contribution in [0.15, 0.2) is 18.2 Å². The Morgan fingerprint density at radius 2 is 1.94 bits per heavy atom. The van der Waals surface area contributed by atoms with E-state index in [0.29, 0.717) is 5.02 Å². The van der Waals surface area contributed by atoms with Crippen molar-refractivity contribution in [2.24, 2.45) is 0 Å². The number of hydrogen-bond donors (Lipinski definition) is 0. The summed E-state index contributed by atoms with van der Waals surface area (Å²) >= 11 is 11.6. The van der Waals surface area contributed by atoms with E-state index in [0.717, 1.165) is 0 Å². The quantitative estimate of drug-likeness (QED) is 0.618. The van der Waals surface area contributed by atoms with Gasteiger partial charge in [-0.3, -0.25) is 4.79 Å². The molecule has 0 aromatic heterocycles. The van der Waals surface area contributed by atoms with Gasteiger partial charge in [-0.1, -0.05) is 30.1 Å². The smallest absolute Gasteiger partial charge is 0.354 e. The first kappa shape index (κ1) is 14.8. The van der Waals surface area contributed by atoms with Gasteiger partial charge in [0.15, 0.2) is 5.78 Å². The molecule has 0 aliphatic carbocycles. The van der Waals surface area contributed by atoms with Crippen LogP contribution in [0.4, 0.5) is 0 Å². The molecule has 98 valence electrons. The van der Waals surface area contributed by atoms with Gasteiger partial charge in [0.2, 0.25) is 0 Å². The molecule has 0 fully saturated rings. The second-order valence-electron chi connectivity index (χ2n) is 3.42. The van der Waals surface area contributed by atoms with Crippen LogP contribution in [-0.4, -0.2) is 25.0 Å². The zero-order valence-electron chi connectivity index (χ0n) is 9.91. The van der Waals surface area contributed by atoms with Crippen LogP contribution < -0.4 is 4.74 Å². The maximum atomic E-state index is 11.6. The van der Waals surface area contributed by atoms with Crippen LogP contribution in [0.25, 0.3) is 0 Å². The van der Waals surface area contributed by atoms with E-state index in [-0.39, 0.29) is 23.0 Å². The minimum atomic E-state index is -1.28. The molecular formula is C12H12Cl2O4. The van der Waals surface area contributed by atoms with Gasteiger partial charge in [0.05, 0.1) is 17.2 Å². The van der Waals surface area contributed by atoms with Crippen LogP contribution in [-0.2, 0) is 14.3 Å². The molecule has 1 atom stereocenters. The normalized spacial score (nSPS) is 11.8. The number of carbonyl (C=O) groups excluding carboxylic acids is 2. The summed E-state index contributed by atoms with van der Waals surface area (Å²) in [6, 6.07) is 4.47. The van der Waals surface area contributed by atoms with Gasteiger partial charge < -0.3 is 9.47 Å². The van der Waals surface area contributed by atoms with Crippen molar-refractivity contribution < 1.29 is 19.1 Å². The molecule has 0 amide bonds. The highest BCUT2D eigenvalue weighted by Crippen LogP contribution is 2.27. The lowest BCUT2D eigenvalue weighted by Gasteiger charge is -2.15. The average molecular weight is 291 g/mol. The fourth-order valence-corrected chi connectivity index (χ4v) is 1.51. The molecule has 1 aromatic carbocycles. The van der Waals surface area contributed by atoms with Gasteiger partial charge in [0, 0.05) is 12.5 Å². The summed E-state index contributed by atoms with van der Waals surface area (Å²) in [4.78, 5) is 23.0. The zero-order chi connectivity index (χ0) is 13.7. The molecule has 0 aliphatic heterocycles. The molecule has 0 saturated carbocycles. The highest BCUT2D eigenvalue weighted by molar-refractivity contribution is 6.42. The highest BCUT2D eigenvalue weighted by Gasteiger charge is 2.28. The van der Waals surface area contributed by atoms with Crippen molar-refractivity contribution in [2.75, 3.05) is 7.11 Å². The fraction of sp³-hybridized carbons (Fsp3) is 0.333. The Morgan fingerprint density at radius 3 is 2.44 bits per heavy atom. The first-order chi connectivity index (χ1) is 8.49. The SMILES string of the molecule is CCC(=O)[C@@H](Oc1ccc(Cl)c(Cl)c1)C(=O)OC. The predicted molar refractivity (Wildman–Crippen MR) is 68.2 cm³/mol. The maximum absolute atomic E-state index is 11.6. The molecule has 0 spiro atoms. The summed E-state index contributed by atoms with van der Waals surface area (Å²) in [6.07, 6.45) is -1.11. The summed E-state index contributed by atoms with van der Waals surface area (Å²) in [5.41, 5.74) is 0. The number of Topliss-reactive ketones (excluding diaryl/α,β-unsaturated/α-hetero) is 1. The second kappa shape index (κ2) is 6.61. The number of carbonyl (C=O) groups is 2. The Morgan fingerprint density at radius 1 is 1.28 bits per heavy atom. The molecule has 6 heteroatoms. The van der Waals surface area contributed by atoms with Crippen molar-refractivity contribution in [3.8, 4) is 5.75 Å². The number of ketones is 1. The number of benzene rings is 1. The van der Waals surface area contributed by atoms with Crippen molar-refractivity contribution in [3.63, 3.8) is 0 Å². The van der Waals surface area contributed by atoms with E-state index >= 15 is 0 Å². The largest absolute Gasteiger partial charge is 0.471 e. The molecule has 0 bridgehead atoms. The lowest BCUT2D eigenvalue weighted by Crippen LogP contribution is -2.36. The monoisotopic (exact) mass is 290 g/mol. The van der Waals surface area contributed by atoms with Gasteiger partial charge in [-0.25, -0.2) is 4.79 Å². The topological polar surface area (TPSA) is 52.6 Å². The van der Waals surface area contributed by atoms with Crippen molar-refractivity contribution in [1.82, 2.24) is 0 Å². The van der Waals surface area contributed by atoms with Gasteiger partial charge in [-0.05, 0) is 12.1 Å². The Hall–Kier alpha value is -1.26.